The Kier molecular flexibility index (Phi) is 7.55. The number of carbonyl (C=O) groups is 3. The molecule has 11 nitrogen and oxygen atoms in total. The van der Waals surface area contributed by atoms with E-state index in [1.807, 2.05) is 6.07 Å². The number of nitrogens with zero attached hydrogens (tertiary/aromatic N) is 3. The molecule has 1 aromatic rings. The molecular formula is C18H24N4O7. The van der Waals surface area contributed by atoms with Crippen molar-refractivity contribution >= 4 is 23.7 Å². The van der Waals surface area contributed by atoms with Gasteiger partial charge in [-0.3, -0.25) is 19.0 Å². The summed E-state index contributed by atoms with van der Waals surface area (Å²) in [5.41, 5.74) is 5.92. The van der Waals surface area contributed by atoms with Crippen LogP contribution >= 0.6 is 0 Å². The Morgan fingerprint density at radius 2 is 1.72 bits per heavy atom. The lowest BCUT2D eigenvalue weighted by atomic mass is 10.1. The van der Waals surface area contributed by atoms with E-state index in [0.29, 0.717) is 0 Å². The molecule has 4 atom stereocenters. The van der Waals surface area contributed by atoms with Gasteiger partial charge in [-0.15, -0.1) is 0 Å². The van der Waals surface area contributed by atoms with E-state index in [1.54, 1.807) is 20.8 Å². The largest absolute Gasteiger partial charge is 0.463 e. The van der Waals surface area contributed by atoms with Crippen LogP contribution in [0.25, 0.3) is 0 Å². The molecule has 2 heterocycles. The molecule has 11 heteroatoms. The SMILES string of the molecule is CCC(=O)OC[C@H]1O[C@@H](n2cnc(C#N)c2N)[C@H](OC(=O)CC)[C@@H]1OC(=O)CC. The molecule has 2 N–H and O–H groups in total. The summed E-state index contributed by atoms with van der Waals surface area (Å²) in [6.07, 6.45) is -2.47. The van der Waals surface area contributed by atoms with Crippen LogP contribution in [0.2, 0.25) is 0 Å². The van der Waals surface area contributed by atoms with Gasteiger partial charge in [0.2, 0.25) is 0 Å². The summed E-state index contributed by atoms with van der Waals surface area (Å²) in [6.45, 7) is 4.64. The summed E-state index contributed by atoms with van der Waals surface area (Å²) in [7, 11) is 0. The Balaban J connectivity index is 2.39. The van der Waals surface area contributed by atoms with Crippen molar-refractivity contribution in [3.05, 3.63) is 12.0 Å². The van der Waals surface area contributed by atoms with Crippen LogP contribution in [0.5, 0.6) is 0 Å². The van der Waals surface area contributed by atoms with Crippen LogP contribution < -0.4 is 5.73 Å². The fourth-order valence-corrected chi connectivity index (χ4v) is 2.74. The fourth-order valence-electron chi connectivity index (χ4n) is 2.74. The van der Waals surface area contributed by atoms with E-state index in [2.05, 4.69) is 4.98 Å². The Morgan fingerprint density at radius 1 is 1.14 bits per heavy atom. The minimum absolute atomic E-state index is 0.00168. The lowest BCUT2D eigenvalue weighted by molar-refractivity contribution is -0.169. The average Bonchev–Trinajstić information content (AvgIpc) is 3.25. The third-order valence-corrected chi connectivity index (χ3v) is 4.31. The normalized spacial score (nSPS) is 23.2. The molecule has 1 saturated heterocycles. The smallest absolute Gasteiger partial charge is 0.306 e. The van der Waals surface area contributed by atoms with Crippen molar-refractivity contribution < 1.29 is 33.3 Å². The van der Waals surface area contributed by atoms with E-state index < -0.39 is 42.4 Å². The maximum Gasteiger partial charge on any atom is 0.306 e. The maximum absolute atomic E-state index is 12.0. The molecule has 1 aliphatic heterocycles. The lowest BCUT2D eigenvalue weighted by Gasteiger charge is -2.24. The molecule has 29 heavy (non-hydrogen) atoms. The fraction of sp³-hybridized carbons (Fsp3) is 0.611. The summed E-state index contributed by atoms with van der Waals surface area (Å²) in [5, 5.41) is 9.09. The van der Waals surface area contributed by atoms with E-state index >= 15 is 0 Å². The first-order valence-electron chi connectivity index (χ1n) is 9.28. The minimum atomic E-state index is -1.08. The molecule has 0 amide bonds. The highest BCUT2D eigenvalue weighted by molar-refractivity contribution is 5.70. The highest BCUT2D eigenvalue weighted by Crippen LogP contribution is 2.36. The zero-order valence-electron chi connectivity index (χ0n) is 16.5. The summed E-state index contributed by atoms with van der Waals surface area (Å²) < 4.78 is 23.3. The van der Waals surface area contributed by atoms with Crippen LogP contribution in [0, 0.1) is 11.3 Å². The van der Waals surface area contributed by atoms with Crippen LogP contribution in [0.3, 0.4) is 0 Å². The topological polar surface area (TPSA) is 156 Å². The molecule has 0 bridgehead atoms. The van der Waals surface area contributed by atoms with Crippen LogP contribution in [0.1, 0.15) is 52.0 Å². The number of nitrogen functional groups attached to an aromatic ring is 1. The third kappa shape index (κ3) is 5.03. The lowest BCUT2D eigenvalue weighted by Crippen LogP contribution is -2.41. The summed E-state index contributed by atoms with van der Waals surface area (Å²) in [5.74, 6) is -1.55. The molecule has 0 aliphatic carbocycles. The second kappa shape index (κ2) is 9.88. The number of nitrogens with two attached hydrogens (primary N) is 1. The maximum atomic E-state index is 12.0. The van der Waals surface area contributed by atoms with E-state index in [1.165, 1.54) is 10.9 Å². The number of nitriles is 1. The molecule has 0 spiro atoms. The van der Waals surface area contributed by atoms with Crippen LogP contribution in [0.4, 0.5) is 5.82 Å². The van der Waals surface area contributed by atoms with Crippen molar-refractivity contribution in [2.45, 2.75) is 64.6 Å². The third-order valence-electron chi connectivity index (χ3n) is 4.31. The van der Waals surface area contributed by atoms with Gasteiger partial charge in [-0.05, 0) is 0 Å². The van der Waals surface area contributed by atoms with Crippen LogP contribution in [-0.2, 0) is 33.3 Å². The summed E-state index contributed by atoms with van der Waals surface area (Å²) in [4.78, 5) is 39.4. The van der Waals surface area contributed by atoms with Gasteiger partial charge in [0.05, 0.1) is 0 Å². The second-order valence-corrected chi connectivity index (χ2v) is 6.22. The number of rotatable bonds is 8. The molecule has 0 unspecified atom stereocenters. The zero-order valence-corrected chi connectivity index (χ0v) is 16.5. The Morgan fingerprint density at radius 3 is 2.24 bits per heavy atom. The molecule has 1 aromatic heterocycles. The van der Waals surface area contributed by atoms with Crippen molar-refractivity contribution in [1.82, 2.24) is 9.55 Å². The second-order valence-electron chi connectivity index (χ2n) is 6.22. The number of imidazole rings is 1. The van der Waals surface area contributed by atoms with E-state index in [9.17, 15) is 14.4 Å². The van der Waals surface area contributed by atoms with Crippen molar-refractivity contribution in [1.29, 1.82) is 5.26 Å². The molecule has 2 rings (SSSR count). The molecule has 0 aromatic carbocycles. The minimum Gasteiger partial charge on any atom is -0.463 e. The number of anilines is 1. The van der Waals surface area contributed by atoms with Gasteiger partial charge in [-0.2, -0.15) is 5.26 Å². The Hall–Kier alpha value is -3.13. The van der Waals surface area contributed by atoms with Crippen molar-refractivity contribution in [2.24, 2.45) is 0 Å². The molecule has 1 aliphatic rings. The van der Waals surface area contributed by atoms with Gasteiger partial charge in [0.15, 0.2) is 24.1 Å². The highest BCUT2D eigenvalue weighted by atomic mass is 16.7. The number of hydrogen-bond acceptors (Lipinski definition) is 10. The van der Waals surface area contributed by atoms with Crippen molar-refractivity contribution in [3.63, 3.8) is 0 Å². The van der Waals surface area contributed by atoms with Crippen molar-refractivity contribution in [3.8, 4) is 6.07 Å². The van der Waals surface area contributed by atoms with Gasteiger partial charge in [0, 0.05) is 19.3 Å². The first-order valence-corrected chi connectivity index (χ1v) is 9.28. The number of esters is 3. The molecular weight excluding hydrogens is 384 g/mol. The van der Waals surface area contributed by atoms with E-state index in [4.69, 9.17) is 29.9 Å². The van der Waals surface area contributed by atoms with Crippen LogP contribution in [0.15, 0.2) is 6.33 Å². The zero-order chi connectivity index (χ0) is 21.6. The molecule has 0 radical (unpaired) electrons. The number of hydrogen-bond donors (Lipinski definition) is 1. The van der Waals surface area contributed by atoms with Crippen molar-refractivity contribution in [2.75, 3.05) is 12.3 Å². The molecule has 158 valence electrons. The van der Waals surface area contributed by atoms with Crippen LogP contribution in [-0.4, -0.2) is 52.4 Å². The Bertz CT molecular complexity index is 801. The Labute approximate surface area is 167 Å². The molecule has 1 fully saturated rings. The predicted octanol–water partition coefficient (Wildman–Crippen LogP) is 0.831. The standard InChI is InChI=1S/C18H24N4O7/c1-4-12(23)26-8-11-15(28-13(24)5-2)16(29-14(25)6-3)18(27-11)22-9-21-10(7-19)17(22)20/h9,11,15-16,18H,4-6,8,20H2,1-3H3/t11-,15-,16-,18-/m1/s1. The van der Waals surface area contributed by atoms with E-state index in [0.717, 1.165) is 0 Å². The predicted molar refractivity (Wildman–Crippen MR) is 96.9 cm³/mol. The monoisotopic (exact) mass is 408 g/mol. The van der Waals surface area contributed by atoms with Gasteiger partial charge in [0.25, 0.3) is 0 Å². The van der Waals surface area contributed by atoms with Gasteiger partial charge >= 0.3 is 17.9 Å². The van der Waals surface area contributed by atoms with Gasteiger partial charge < -0.3 is 24.7 Å². The first-order chi connectivity index (χ1) is 13.9. The highest BCUT2D eigenvalue weighted by Gasteiger charge is 2.51. The van der Waals surface area contributed by atoms with Gasteiger partial charge in [0.1, 0.15) is 30.9 Å². The van der Waals surface area contributed by atoms with E-state index in [-0.39, 0.29) is 37.4 Å². The average molecular weight is 408 g/mol. The van der Waals surface area contributed by atoms with Gasteiger partial charge in [-0.25, -0.2) is 4.98 Å². The number of ether oxygens (including phenoxy) is 4. The number of aromatic nitrogens is 2. The number of carbonyl (C=O) groups excluding carboxylic acids is 3. The molecule has 0 saturated carbocycles. The van der Waals surface area contributed by atoms with Gasteiger partial charge in [-0.1, -0.05) is 20.8 Å². The quantitative estimate of drug-likeness (QED) is 0.483. The summed E-state index contributed by atoms with van der Waals surface area (Å²) in [6, 6.07) is 1.84. The first kappa shape index (κ1) is 22.2. The summed E-state index contributed by atoms with van der Waals surface area (Å²) >= 11 is 0.